The maximum absolute atomic E-state index is 12.6. The third-order valence-corrected chi connectivity index (χ3v) is 7.26. The van der Waals surface area contributed by atoms with Gasteiger partial charge >= 0.3 is 0 Å². The molecule has 32 heavy (non-hydrogen) atoms. The number of rotatable bonds is 10. The smallest absolute Gasteiger partial charge is 0.252 e. The Morgan fingerprint density at radius 2 is 1.97 bits per heavy atom. The van der Waals surface area contributed by atoms with Crippen molar-refractivity contribution in [1.82, 2.24) is 10.6 Å². The minimum Gasteiger partial charge on any atom is -0.486 e. The average molecular weight is 445 g/mol. The molecule has 2 aliphatic carbocycles. The Balaban J connectivity index is 1.25. The first-order chi connectivity index (χ1) is 15.6. The Labute approximate surface area is 190 Å². The van der Waals surface area contributed by atoms with Gasteiger partial charge in [0, 0.05) is 13.2 Å². The number of amides is 1. The van der Waals surface area contributed by atoms with Crippen LogP contribution in [0.5, 0.6) is 5.75 Å². The molecule has 176 valence electrons. The third-order valence-electron chi connectivity index (χ3n) is 7.26. The normalized spacial score (nSPS) is 29.2. The second-order valence-electron chi connectivity index (χ2n) is 9.30. The molecule has 2 atom stereocenters. The number of ether oxygens (including phenoxy) is 3. The van der Waals surface area contributed by atoms with Gasteiger partial charge in [-0.15, -0.1) is 0 Å². The molecular weight excluding hydrogens is 408 g/mol. The van der Waals surface area contributed by atoms with E-state index in [4.69, 9.17) is 14.2 Å². The number of methoxy groups -OCH3 is 1. The van der Waals surface area contributed by atoms with Crippen LogP contribution in [-0.4, -0.2) is 62.9 Å². The maximum atomic E-state index is 12.6. The highest BCUT2D eigenvalue weighted by Gasteiger charge is 2.51. The van der Waals surface area contributed by atoms with Gasteiger partial charge in [0.25, 0.3) is 5.91 Å². The van der Waals surface area contributed by atoms with Crippen molar-refractivity contribution in [2.75, 3.05) is 26.9 Å². The summed E-state index contributed by atoms with van der Waals surface area (Å²) in [4.78, 5) is 23.3. The fourth-order valence-electron chi connectivity index (χ4n) is 5.09. The van der Waals surface area contributed by atoms with Crippen LogP contribution in [0.15, 0.2) is 24.3 Å². The molecule has 1 aromatic carbocycles. The Morgan fingerprint density at radius 1 is 1.19 bits per heavy atom. The number of benzene rings is 1. The van der Waals surface area contributed by atoms with Crippen molar-refractivity contribution < 1.29 is 23.8 Å². The van der Waals surface area contributed by atoms with E-state index in [-0.39, 0.29) is 30.7 Å². The van der Waals surface area contributed by atoms with Gasteiger partial charge in [0.2, 0.25) is 0 Å². The van der Waals surface area contributed by atoms with Gasteiger partial charge in [-0.1, -0.05) is 18.2 Å². The molecule has 2 saturated carbocycles. The molecule has 0 unspecified atom stereocenters. The van der Waals surface area contributed by atoms with Crippen molar-refractivity contribution in [3.63, 3.8) is 0 Å². The number of carbonyl (C=O) groups is 2. The second-order valence-corrected chi connectivity index (χ2v) is 9.30. The molecule has 7 heteroatoms. The molecule has 7 nitrogen and oxygen atoms in total. The molecule has 0 radical (unpaired) electrons. The van der Waals surface area contributed by atoms with Crippen molar-refractivity contribution in [2.45, 2.75) is 81.1 Å². The highest BCUT2D eigenvalue weighted by Crippen LogP contribution is 2.40. The first-order valence-corrected chi connectivity index (χ1v) is 12.0. The molecule has 0 spiro atoms. The lowest BCUT2D eigenvalue weighted by Gasteiger charge is -2.36. The third kappa shape index (κ3) is 5.50. The van der Waals surface area contributed by atoms with E-state index >= 15 is 0 Å². The van der Waals surface area contributed by atoms with Crippen LogP contribution in [0.3, 0.4) is 0 Å². The molecule has 3 fully saturated rings. The predicted molar refractivity (Wildman–Crippen MR) is 121 cm³/mol. The fraction of sp³-hybridized carbons (Fsp3) is 0.680. The van der Waals surface area contributed by atoms with Gasteiger partial charge in [-0.3, -0.25) is 9.59 Å². The Morgan fingerprint density at radius 3 is 2.69 bits per heavy atom. The summed E-state index contributed by atoms with van der Waals surface area (Å²) in [5, 5.41) is 6.76. The number of hydrogen-bond donors (Lipinski definition) is 2. The number of carbonyl (C=O) groups excluding carboxylic acids is 2. The van der Waals surface area contributed by atoms with Crippen LogP contribution >= 0.6 is 0 Å². The summed E-state index contributed by atoms with van der Waals surface area (Å²) >= 11 is 0. The number of nitrogens with one attached hydrogen (secondary N) is 2. The van der Waals surface area contributed by atoms with Gasteiger partial charge in [0.05, 0.1) is 18.8 Å². The largest absolute Gasteiger partial charge is 0.486 e. The van der Waals surface area contributed by atoms with E-state index < -0.39 is 5.60 Å². The van der Waals surface area contributed by atoms with Crippen LogP contribution in [0.4, 0.5) is 0 Å². The number of hydrogen-bond acceptors (Lipinski definition) is 6. The molecule has 0 bridgehead atoms. The van der Waals surface area contributed by atoms with E-state index in [2.05, 4.69) is 16.7 Å². The van der Waals surface area contributed by atoms with E-state index in [0.29, 0.717) is 12.5 Å². The van der Waals surface area contributed by atoms with E-state index in [1.807, 2.05) is 18.2 Å². The summed E-state index contributed by atoms with van der Waals surface area (Å²) in [7, 11) is 1.62. The lowest BCUT2D eigenvalue weighted by Crippen LogP contribution is -2.57. The zero-order valence-electron chi connectivity index (χ0n) is 19.0. The standard InChI is InChI=1S/C25H36N2O5/c1-30-25(12-13-25)24(29)27-21-6-4-14-26-22(21)17-32-19-10-8-18(9-11-19)20-5-2-3-7-23(20)31-16-15-28/h2-3,5,7,15,18-19,21-22,26H,4,6,8-14,16-17H2,1H3,(H,27,29)/t18?,19?,21-,22-/m0/s1. The summed E-state index contributed by atoms with van der Waals surface area (Å²) in [6.07, 6.45) is 8.76. The molecule has 3 aliphatic rings. The lowest BCUT2D eigenvalue weighted by atomic mass is 9.82. The fourth-order valence-corrected chi connectivity index (χ4v) is 5.09. The van der Waals surface area contributed by atoms with Crippen LogP contribution < -0.4 is 15.4 Å². The van der Waals surface area contributed by atoms with Crippen LogP contribution in [0.25, 0.3) is 0 Å². The lowest BCUT2D eigenvalue weighted by molar-refractivity contribution is -0.134. The van der Waals surface area contributed by atoms with Crippen molar-refractivity contribution in [3.05, 3.63) is 29.8 Å². The van der Waals surface area contributed by atoms with Crippen molar-refractivity contribution in [2.24, 2.45) is 0 Å². The molecule has 1 saturated heterocycles. The summed E-state index contributed by atoms with van der Waals surface area (Å²) in [5.41, 5.74) is 0.601. The van der Waals surface area contributed by atoms with Crippen LogP contribution in [-0.2, 0) is 19.1 Å². The average Bonchev–Trinajstić information content (AvgIpc) is 3.64. The highest BCUT2D eigenvalue weighted by molar-refractivity contribution is 5.88. The summed E-state index contributed by atoms with van der Waals surface area (Å²) in [6, 6.07) is 8.25. The zero-order chi connectivity index (χ0) is 22.4. The topological polar surface area (TPSA) is 85.9 Å². The molecule has 0 aromatic heterocycles. The molecule has 2 N–H and O–H groups in total. The second kappa shape index (κ2) is 10.8. The minimum absolute atomic E-state index is 0.0228. The Kier molecular flexibility index (Phi) is 7.81. The van der Waals surface area contributed by atoms with Crippen LogP contribution in [0.2, 0.25) is 0 Å². The molecule has 4 rings (SSSR count). The molecular formula is C25H36N2O5. The first-order valence-electron chi connectivity index (χ1n) is 12.0. The van der Waals surface area contributed by atoms with E-state index in [0.717, 1.165) is 69.9 Å². The van der Waals surface area contributed by atoms with Crippen molar-refractivity contribution in [1.29, 1.82) is 0 Å². The van der Waals surface area contributed by atoms with Gasteiger partial charge in [-0.25, -0.2) is 0 Å². The first kappa shape index (κ1) is 23.2. The van der Waals surface area contributed by atoms with E-state index in [9.17, 15) is 9.59 Å². The minimum atomic E-state index is -0.590. The van der Waals surface area contributed by atoms with Crippen molar-refractivity contribution >= 4 is 12.2 Å². The molecule has 1 aliphatic heterocycles. The van der Waals surface area contributed by atoms with Crippen molar-refractivity contribution in [3.8, 4) is 5.75 Å². The van der Waals surface area contributed by atoms with Gasteiger partial charge in [-0.2, -0.15) is 0 Å². The quantitative estimate of drug-likeness (QED) is 0.540. The van der Waals surface area contributed by atoms with Crippen LogP contribution in [0.1, 0.15) is 62.8 Å². The Hall–Kier alpha value is -1.96. The van der Waals surface area contributed by atoms with Gasteiger partial charge in [0.15, 0.2) is 6.29 Å². The van der Waals surface area contributed by atoms with Gasteiger partial charge in [-0.05, 0) is 75.5 Å². The highest BCUT2D eigenvalue weighted by atomic mass is 16.5. The van der Waals surface area contributed by atoms with E-state index in [1.165, 1.54) is 5.56 Å². The predicted octanol–water partition coefficient (Wildman–Crippen LogP) is 2.72. The summed E-state index contributed by atoms with van der Waals surface area (Å²) in [5.74, 6) is 1.27. The summed E-state index contributed by atoms with van der Waals surface area (Å²) < 4.78 is 17.4. The number of aldehydes is 1. The Bertz CT molecular complexity index is 773. The maximum Gasteiger partial charge on any atom is 0.252 e. The molecule has 1 aromatic rings. The van der Waals surface area contributed by atoms with E-state index in [1.54, 1.807) is 7.11 Å². The monoisotopic (exact) mass is 444 g/mol. The number of piperidine rings is 1. The number of para-hydroxylation sites is 1. The zero-order valence-corrected chi connectivity index (χ0v) is 19.0. The SMILES string of the molecule is COC1(C(=O)N[C@H]2CCCN[C@H]2COC2CCC(c3ccccc3OCC=O)CC2)CC1. The van der Waals surface area contributed by atoms with Crippen LogP contribution in [0, 0.1) is 0 Å². The molecule has 1 heterocycles. The van der Waals surface area contributed by atoms with Gasteiger partial charge < -0.3 is 24.8 Å². The summed E-state index contributed by atoms with van der Waals surface area (Å²) in [6.45, 7) is 1.66. The molecule has 1 amide bonds. The van der Waals surface area contributed by atoms with Gasteiger partial charge in [0.1, 0.15) is 18.0 Å².